The predicted octanol–water partition coefficient (Wildman–Crippen LogP) is 4.15. The number of carbonyl (C=O) groups excluding carboxylic acids is 1. The minimum Gasteiger partial charge on any atom is -0.348 e. The molecule has 2 heterocycles. The highest BCUT2D eigenvalue weighted by atomic mass is 35.5. The number of H-pyrrole nitrogens is 1. The first kappa shape index (κ1) is 18.0. The lowest BCUT2D eigenvalue weighted by Crippen LogP contribution is -2.23. The molecule has 0 spiro atoms. The largest absolute Gasteiger partial charge is 0.348 e. The molecule has 1 amide bonds. The fraction of sp³-hybridized carbons (Fsp3) is 0.0952. The van der Waals surface area contributed by atoms with Crippen molar-refractivity contribution in [1.29, 1.82) is 0 Å². The lowest BCUT2D eigenvalue weighted by atomic mass is 10.1. The fourth-order valence-corrected chi connectivity index (χ4v) is 3.18. The number of halogens is 1. The van der Waals surface area contributed by atoms with Gasteiger partial charge in [-0.2, -0.15) is 10.2 Å². The number of rotatable bonds is 5. The maximum absolute atomic E-state index is 12.6. The van der Waals surface area contributed by atoms with E-state index in [4.69, 9.17) is 11.6 Å². The molecule has 2 aromatic carbocycles. The van der Waals surface area contributed by atoms with E-state index in [0.29, 0.717) is 17.1 Å². The van der Waals surface area contributed by atoms with Crippen LogP contribution in [0.2, 0.25) is 5.02 Å². The molecular formula is C21H18ClN5O. The van der Waals surface area contributed by atoms with Gasteiger partial charge in [0, 0.05) is 17.8 Å². The Morgan fingerprint density at radius 1 is 1.18 bits per heavy atom. The van der Waals surface area contributed by atoms with Crippen LogP contribution in [0.5, 0.6) is 0 Å². The van der Waals surface area contributed by atoms with Crippen molar-refractivity contribution in [2.45, 2.75) is 13.5 Å². The third kappa shape index (κ3) is 3.68. The molecule has 0 atom stereocenters. The Morgan fingerprint density at radius 2 is 2.00 bits per heavy atom. The third-order valence-electron chi connectivity index (χ3n) is 4.53. The van der Waals surface area contributed by atoms with Gasteiger partial charge in [-0.25, -0.2) is 4.68 Å². The number of benzene rings is 2. The number of aromatic amines is 1. The van der Waals surface area contributed by atoms with E-state index < -0.39 is 0 Å². The minimum atomic E-state index is -0.163. The van der Waals surface area contributed by atoms with Crippen LogP contribution in [0.15, 0.2) is 67.0 Å². The summed E-state index contributed by atoms with van der Waals surface area (Å²) in [5.41, 5.74) is 5.13. The number of nitrogens with zero attached hydrogens (tertiary/aromatic N) is 3. The predicted molar refractivity (Wildman–Crippen MR) is 109 cm³/mol. The van der Waals surface area contributed by atoms with E-state index in [1.807, 2.05) is 55.5 Å². The summed E-state index contributed by atoms with van der Waals surface area (Å²) < 4.78 is 1.71. The van der Waals surface area contributed by atoms with Crippen molar-refractivity contribution in [2.24, 2.45) is 0 Å². The van der Waals surface area contributed by atoms with E-state index >= 15 is 0 Å². The van der Waals surface area contributed by atoms with Gasteiger partial charge >= 0.3 is 0 Å². The van der Waals surface area contributed by atoms with Gasteiger partial charge in [0.2, 0.25) is 0 Å². The van der Waals surface area contributed by atoms with E-state index in [2.05, 4.69) is 20.6 Å². The zero-order chi connectivity index (χ0) is 19.5. The van der Waals surface area contributed by atoms with Crippen LogP contribution in [0.1, 0.15) is 21.6 Å². The SMILES string of the molecule is Cc1c(C(=O)NCc2ccc(-c3ccn[nH]3)cc2)cnn1-c1cccc(Cl)c1. The first-order chi connectivity index (χ1) is 13.6. The molecule has 2 aromatic heterocycles. The second-order valence-corrected chi connectivity index (χ2v) is 6.82. The molecule has 0 fully saturated rings. The van der Waals surface area contributed by atoms with Gasteiger partial charge in [-0.3, -0.25) is 9.89 Å². The molecule has 0 saturated carbocycles. The number of hydrogen-bond acceptors (Lipinski definition) is 3. The molecule has 0 aliphatic heterocycles. The first-order valence-corrected chi connectivity index (χ1v) is 9.17. The highest BCUT2D eigenvalue weighted by Gasteiger charge is 2.15. The van der Waals surface area contributed by atoms with Crippen molar-refractivity contribution in [3.63, 3.8) is 0 Å². The molecule has 0 bridgehead atoms. The summed E-state index contributed by atoms with van der Waals surface area (Å²) in [6.45, 7) is 2.30. The Labute approximate surface area is 167 Å². The monoisotopic (exact) mass is 391 g/mol. The summed E-state index contributed by atoms with van der Waals surface area (Å²) in [6, 6.07) is 17.2. The summed E-state index contributed by atoms with van der Waals surface area (Å²) in [4.78, 5) is 12.6. The lowest BCUT2D eigenvalue weighted by molar-refractivity contribution is 0.0950. The average Bonchev–Trinajstić information content (AvgIpc) is 3.36. The normalized spacial score (nSPS) is 10.8. The Kier molecular flexibility index (Phi) is 4.95. The number of amides is 1. The molecular weight excluding hydrogens is 374 g/mol. The standard InChI is InChI=1S/C21H18ClN5O/c1-14-19(13-25-27(14)18-4-2-3-17(22)11-18)21(28)23-12-15-5-7-16(8-6-15)20-9-10-24-26-20/h2-11,13H,12H2,1H3,(H,23,28)(H,24,26). The second kappa shape index (κ2) is 7.70. The van der Waals surface area contributed by atoms with Crippen molar-refractivity contribution in [3.05, 3.63) is 88.8 Å². The summed E-state index contributed by atoms with van der Waals surface area (Å²) in [5, 5.41) is 14.8. The highest BCUT2D eigenvalue weighted by molar-refractivity contribution is 6.30. The summed E-state index contributed by atoms with van der Waals surface area (Å²) >= 11 is 6.05. The van der Waals surface area contributed by atoms with Crippen molar-refractivity contribution < 1.29 is 4.79 Å². The maximum Gasteiger partial charge on any atom is 0.255 e. The second-order valence-electron chi connectivity index (χ2n) is 6.39. The van der Waals surface area contributed by atoms with Gasteiger partial charge in [-0.15, -0.1) is 0 Å². The number of carbonyl (C=O) groups is 1. The van der Waals surface area contributed by atoms with Crippen molar-refractivity contribution in [3.8, 4) is 16.9 Å². The molecule has 0 saturated heterocycles. The van der Waals surface area contributed by atoms with Crippen LogP contribution in [0.3, 0.4) is 0 Å². The molecule has 28 heavy (non-hydrogen) atoms. The van der Waals surface area contributed by atoms with E-state index in [1.165, 1.54) is 0 Å². The van der Waals surface area contributed by atoms with Crippen LogP contribution in [0.4, 0.5) is 0 Å². The van der Waals surface area contributed by atoms with Crippen LogP contribution < -0.4 is 5.32 Å². The topological polar surface area (TPSA) is 75.6 Å². The summed E-state index contributed by atoms with van der Waals surface area (Å²) in [7, 11) is 0. The Hall–Kier alpha value is -3.38. The highest BCUT2D eigenvalue weighted by Crippen LogP contribution is 2.19. The third-order valence-corrected chi connectivity index (χ3v) is 4.76. The van der Waals surface area contributed by atoms with E-state index in [1.54, 1.807) is 23.1 Å². The van der Waals surface area contributed by atoms with Crippen LogP contribution in [0, 0.1) is 6.92 Å². The number of nitrogens with one attached hydrogen (secondary N) is 2. The molecule has 4 aromatic rings. The van der Waals surface area contributed by atoms with Crippen molar-refractivity contribution in [2.75, 3.05) is 0 Å². The van der Waals surface area contributed by atoms with Gasteiger partial charge < -0.3 is 5.32 Å². The van der Waals surface area contributed by atoms with Gasteiger partial charge in [-0.1, -0.05) is 41.9 Å². The molecule has 4 rings (SSSR count). The van der Waals surface area contributed by atoms with Gasteiger partial charge in [0.05, 0.1) is 28.8 Å². The smallest absolute Gasteiger partial charge is 0.255 e. The number of aromatic nitrogens is 4. The molecule has 0 aliphatic carbocycles. The van der Waals surface area contributed by atoms with Gasteiger partial charge in [0.25, 0.3) is 5.91 Å². The zero-order valence-corrected chi connectivity index (χ0v) is 15.9. The Morgan fingerprint density at radius 3 is 2.71 bits per heavy atom. The van der Waals surface area contributed by atoms with Crippen LogP contribution in [0.25, 0.3) is 16.9 Å². The van der Waals surface area contributed by atoms with E-state index in [-0.39, 0.29) is 5.91 Å². The van der Waals surface area contributed by atoms with Gasteiger partial charge in [0.1, 0.15) is 0 Å². The lowest BCUT2D eigenvalue weighted by Gasteiger charge is -2.08. The molecule has 6 nitrogen and oxygen atoms in total. The molecule has 0 aliphatic rings. The minimum absolute atomic E-state index is 0.163. The van der Waals surface area contributed by atoms with Crippen LogP contribution in [-0.4, -0.2) is 25.9 Å². The van der Waals surface area contributed by atoms with E-state index in [0.717, 1.165) is 28.2 Å². The van der Waals surface area contributed by atoms with Crippen molar-refractivity contribution in [1.82, 2.24) is 25.3 Å². The van der Waals surface area contributed by atoms with Crippen LogP contribution >= 0.6 is 11.6 Å². The fourth-order valence-electron chi connectivity index (χ4n) is 3.00. The Bertz CT molecular complexity index is 1100. The zero-order valence-electron chi connectivity index (χ0n) is 15.2. The van der Waals surface area contributed by atoms with E-state index in [9.17, 15) is 4.79 Å². The van der Waals surface area contributed by atoms with Crippen LogP contribution in [-0.2, 0) is 6.54 Å². The molecule has 140 valence electrons. The first-order valence-electron chi connectivity index (χ1n) is 8.79. The maximum atomic E-state index is 12.6. The van der Waals surface area contributed by atoms with Gasteiger partial charge in [-0.05, 0) is 42.3 Å². The molecule has 0 radical (unpaired) electrons. The summed E-state index contributed by atoms with van der Waals surface area (Å²) in [6.07, 6.45) is 3.29. The summed E-state index contributed by atoms with van der Waals surface area (Å²) in [5.74, 6) is -0.163. The number of hydrogen-bond donors (Lipinski definition) is 2. The molecule has 7 heteroatoms. The van der Waals surface area contributed by atoms with Gasteiger partial charge in [0.15, 0.2) is 0 Å². The Balaban J connectivity index is 1.44. The van der Waals surface area contributed by atoms with Crippen molar-refractivity contribution >= 4 is 17.5 Å². The average molecular weight is 392 g/mol. The quantitative estimate of drug-likeness (QED) is 0.536. The molecule has 2 N–H and O–H groups in total. The molecule has 0 unspecified atom stereocenters.